The molecule has 0 saturated heterocycles. The normalized spacial score (nSPS) is 12.2. The van der Waals surface area contributed by atoms with Gasteiger partial charge in [0.05, 0.1) is 25.3 Å². The summed E-state index contributed by atoms with van der Waals surface area (Å²) < 4.78 is 32.3. The molecule has 7 heteroatoms. The van der Waals surface area contributed by atoms with Crippen molar-refractivity contribution in [2.75, 3.05) is 11.8 Å². The molecule has 0 fully saturated rings. The van der Waals surface area contributed by atoms with Crippen LogP contribution in [0.5, 0.6) is 5.75 Å². The van der Waals surface area contributed by atoms with Gasteiger partial charge in [-0.05, 0) is 23.1 Å². The number of methoxy groups -OCH3 is 1. The van der Waals surface area contributed by atoms with Crippen LogP contribution in [0.4, 0.5) is 5.69 Å². The first-order valence-electron chi connectivity index (χ1n) is 6.44. The van der Waals surface area contributed by atoms with Gasteiger partial charge in [0.25, 0.3) is 10.0 Å². The second-order valence-electron chi connectivity index (χ2n) is 5.69. The van der Waals surface area contributed by atoms with E-state index in [0.717, 1.165) is 5.56 Å². The molecule has 21 heavy (non-hydrogen) atoms. The summed E-state index contributed by atoms with van der Waals surface area (Å²) in [7, 11) is -2.21. The minimum Gasteiger partial charge on any atom is -0.495 e. The molecule has 0 bridgehead atoms. The summed E-state index contributed by atoms with van der Waals surface area (Å²) in [6.07, 6.45) is 2.57. The van der Waals surface area contributed by atoms with Gasteiger partial charge in [-0.3, -0.25) is 4.72 Å². The molecule has 114 valence electrons. The summed E-state index contributed by atoms with van der Waals surface area (Å²) in [6, 6.07) is 5.46. The highest BCUT2D eigenvalue weighted by Gasteiger charge is 2.20. The summed E-state index contributed by atoms with van der Waals surface area (Å²) in [5, 5.41) is 0.00529. The summed E-state index contributed by atoms with van der Waals surface area (Å²) in [4.78, 5) is 6.30. The van der Waals surface area contributed by atoms with Gasteiger partial charge in [-0.15, -0.1) is 0 Å². The third kappa shape index (κ3) is 3.36. The van der Waals surface area contributed by atoms with Gasteiger partial charge in [0, 0.05) is 0 Å². The van der Waals surface area contributed by atoms with E-state index in [4.69, 9.17) is 4.74 Å². The maximum absolute atomic E-state index is 12.3. The highest BCUT2D eigenvalue weighted by molar-refractivity contribution is 7.92. The Labute approximate surface area is 124 Å². The number of anilines is 1. The van der Waals surface area contributed by atoms with Crippen molar-refractivity contribution >= 4 is 15.7 Å². The van der Waals surface area contributed by atoms with E-state index in [-0.39, 0.29) is 10.4 Å². The van der Waals surface area contributed by atoms with Gasteiger partial charge in [0.15, 0.2) is 5.03 Å². The van der Waals surface area contributed by atoms with Crippen LogP contribution in [0.25, 0.3) is 0 Å². The van der Waals surface area contributed by atoms with Gasteiger partial charge < -0.3 is 9.72 Å². The molecule has 1 heterocycles. The highest BCUT2D eigenvalue weighted by atomic mass is 32.2. The summed E-state index contributed by atoms with van der Waals surface area (Å²) in [5.74, 6) is 0.464. The first-order chi connectivity index (χ1) is 9.74. The van der Waals surface area contributed by atoms with Gasteiger partial charge in [0.1, 0.15) is 5.75 Å². The van der Waals surface area contributed by atoms with Gasteiger partial charge in [0.2, 0.25) is 0 Å². The summed E-state index contributed by atoms with van der Waals surface area (Å²) in [5.41, 5.74) is 1.31. The fraction of sp³-hybridized carbons (Fsp3) is 0.357. The van der Waals surface area contributed by atoms with E-state index < -0.39 is 10.0 Å². The number of hydrogen-bond donors (Lipinski definition) is 2. The van der Waals surface area contributed by atoms with E-state index >= 15 is 0 Å². The first kappa shape index (κ1) is 15.4. The second kappa shape index (κ2) is 5.40. The maximum atomic E-state index is 12.3. The fourth-order valence-electron chi connectivity index (χ4n) is 1.84. The zero-order chi connectivity index (χ0) is 15.7. The van der Waals surface area contributed by atoms with Crippen LogP contribution in [0.15, 0.2) is 35.7 Å². The smallest absolute Gasteiger partial charge is 0.279 e. The lowest BCUT2D eigenvalue weighted by Crippen LogP contribution is -2.16. The van der Waals surface area contributed by atoms with Gasteiger partial charge >= 0.3 is 0 Å². The van der Waals surface area contributed by atoms with Crippen LogP contribution in [-0.4, -0.2) is 25.5 Å². The van der Waals surface area contributed by atoms with Crippen molar-refractivity contribution in [2.45, 2.75) is 31.2 Å². The lowest BCUT2D eigenvalue weighted by atomic mass is 9.87. The SMILES string of the molecule is COc1ccc(C(C)(C)C)cc1NS(=O)(=O)c1cnc[nH]1. The Hall–Kier alpha value is -2.02. The minimum atomic E-state index is -3.71. The molecule has 0 atom stereocenters. The van der Waals surface area contributed by atoms with Crippen LogP contribution in [0.3, 0.4) is 0 Å². The van der Waals surface area contributed by atoms with E-state index in [0.29, 0.717) is 11.4 Å². The lowest BCUT2D eigenvalue weighted by Gasteiger charge is -2.21. The highest BCUT2D eigenvalue weighted by Crippen LogP contribution is 2.32. The largest absolute Gasteiger partial charge is 0.495 e. The molecule has 0 unspecified atom stereocenters. The Morgan fingerprint density at radius 3 is 2.52 bits per heavy atom. The van der Waals surface area contributed by atoms with Crippen molar-refractivity contribution in [3.63, 3.8) is 0 Å². The number of nitrogens with zero attached hydrogens (tertiary/aromatic N) is 1. The van der Waals surface area contributed by atoms with Crippen LogP contribution in [0, 0.1) is 0 Å². The van der Waals surface area contributed by atoms with Crippen LogP contribution < -0.4 is 9.46 Å². The molecule has 0 radical (unpaired) electrons. The third-order valence-electron chi connectivity index (χ3n) is 3.07. The number of imidazole rings is 1. The quantitative estimate of drug-likeness (QED) is 0.909. The number of rotatable bonds is 4. The topological polar surface area (TPSA) is 84.1 Å². The molecule has 0 aliphatic carbocycles. The van der Waals surface area contributed by atoms with Crippen molar-refractivity contribution in [3.05, 3.63) is 36.3 Å². The number of benzene rings is 1. The standard InChI is InChI=1S/C14H19N3O3S/c1-14(2,3)10-5-6-12(20-4)11(7-10)17-21(18,19)13-8-15-9-16-13/h5-9,17H,1-4H3,(H,15,16). The molecule has 2 aromatic rings. The molecule has 2 rings (SSSR count). The summed E-state index contributed by atoms with van der Waals surface area (Å²) in [6.45, 7) is 6.17. The van der Waals surface area contributed by atoms with E-state index in [2.05, 4.69) is 35.5 Å². The van der Waals surface area contributed by atoms with Crippen molar-refractivity contribution in [3.8, 4) is 5.75 Å². The number of ether oxygens (including phenoxy) is 1. The fourth-order valence-corrected chi connectivity index (χ4v) is 2.81. The number of hydrogen-bond acceptors (Lipinski definition) is 4. The zero-order valence-electron chi connectivity index (χ0n) is 12.5. The predicted octanol–water partition coefficient (Wildman–Crippen LogP) is 2.52. The van der Waals surface area contributed by atoms with Crippen molar-refractivity contribution < 1.29 is 13.2 Å². The van der Waals surface area contributed by atoms with E-state index in [1.807, 2.05) is 6.07 Å². The molecular weight excluding hydrogens is 290 g/mol. The van der Waals surface area contributed by atoms with Crippen molar-refractivity contribution in [1.82, 2.24) is 9.97 Å². The number of aromatic amines is 1. The molecule has 0 saturated carbocycles. The molecular formula is C14H19N3O3S. The number of nitrogens with one attached hydrogen (secondary N) is 2. The number of aromatic nitrogens is 2. The molecule has 0 amide bonds. The molecule has 1 aromatic carbocycles. The summed E-state index contributed by atoms with van der Waals surface area (Å²) >= 11 is 0. The molecule has 0 spiro atoms. The van der Waals surface area contributed by atoms with Crippen LogP contribution in [-0.2, 0) is 15.4 Å². The number of H-pyrrole nitrogens is 1. The van der Waals surface area contributed by atoms with Crippen LogP contribution in [0.1, 0.15) is 26.3 Å². The van der Waals surface area contributed by atoms with E-state index in [1.54, 1.807) is 12.1 Å². The van der Waals surface area contributed by atoms with Crippen LogP contribution >= 0.6 is 0 Å². The van der Waals surface area contributed by atoms with Gasteiger partial charge in [-0.1, -0.05) is 26.8 Å². The Morgan fingerprint density at radius 1 is 1.29 bits per heavy atom. The van der Waals surface area contributed by atoms with Crippen molar-refractivity contribution in [2.24, 2.45) is 0 Å². The molecule has 0 aliphatic rings. The van der Waals surface area contributed by atoms with Crippen LogP contribution in [0.2, 0.25) is 0 Å². The molecule has 0 aliphatic heterocycles. The minimum absolute atomic E-state index is 0.00529. The maximum Gasteiger partial charge on any atom is 0.279 e. The van der Waals surface area contributed by atoms with E-state index in [9.17, 15) is 8.42 Å². The number of sulfonamides is 1. The Bertz CT molecular complexity index is 716. The second-order valence-corrected chi connectivity index (χ2v) is 7.34. The Kier molecular flexibility index (Phi) is 3.95. The zero-order valence-corrected chi connectivity index (χ0v) is 13.3. The predicted molar refractivity (Wildman–Crippen MR) is 81.1 cm³/mol. The molecule has 1 aromatic heterocycles. The van der Waals surface area contributed by atoms with E-state index in [1.165, 1.54) is 19.6 Å². The monoisotopic (exact) mass is 309 g/mol. The Balaban J connectivity index is 2.43. The average Bonchev–Trinajstić information content (AvgIpc) is 2.91. The molecule has 2 N–H and O–H groups in total. The van der Waals surface area contributed by atoms with Crippen molar-refractivity contribution in [1.29, 1.82) is 0 Å². The average molecular weight is 309 g/mol. The Morgan fingerprint density at radius 2 is 2.00 bits per heavy atom. The third-order valence-corrected chi connectivity index (χ3v) is 4.36. The van der Waals surface area contributed by atoms with Gasteiger partial charge in [-0.25, -0.2) is 4.98 Å². The lowest BCUT2D eigenvalue weighted by molar-refractivity contribution is 0.416. The first-order valence-corrected chi connectivity index (χ1v) is 7.92. The molecule has 6 nitrogen and oxygen atoms in total. The van der Waals surface area contributed by atoms with Gasteiger partial charge in [-0.2, -0.15) is 8.42 Å².